The van der Waals surface area contributed by atoms with Gasteiger partial charge in [0.1, 0.15) is 12.2 Å². The first-order chi connectivity index (χ1) is 13.2. The van der Waals surface area contributed by atoms with Gasteiger partial charge in [-0.05, 0) is 35.7 Å². The molecular formula is C20H18N4O3. The monoisotopic (exact) mass is 362 g/mol. The summed E-state index contributed by atoms with van der Waals surface area (Å²) in [7, 11) is 0. The van der Waals surface area contributed by atoms with Crippen molar-refractivity contribution in [3.05, 3.63) is 77.4 Å². The number of fused-ring (bicyclic) bond motifs is 1. The molecule has 0 spiro atoms. The first kappa shape index (κ1) is 16.8. The van der Waals surface area contributed by atoms with E-state index in [0.717, 1.165) is 15.6 Å². The maximum absolute atomic E-state index is 12.2. The Bertz CT molecular complexity index is 1130. The number of hydrogen-bond donors (Lipinski definition) is 1. The Kier molecular flexibility index (Phi) is 4.57. The maximum Gasteiger partial charge on any atom is 0.267 e. The Morgan fingerprint density at radius 3 is 2.81 bits per heavy atom. The van der Waals surface area contributed by atoms with Crippen molar-refractivity contribution in [2.75, 3.05) is 6.54 Å². The van der Waals surface area contributed by atoms with Gasteiger partial charge in [-0.25, -0.2) is 4.68 Å². The van der Waals surface area contributed by atoms with E-state index in [9.17, 15) is 9.59 Å². The molecule has 136 valence electrons. The number of nitrogens with zero attached hydrogens (tertiary/aromatic N) is 3. The van der Waals surface area contributed by atoms with Crippen LogP contribution in [-0.4, -0.2) is 26.8 Å². The Balaban J connectivity index is 1.38. The van der Waals surface area contributed by atoms with Gasteiger partial charge in [-0.3, -0.25) is 9.59 Å². The molecule has 3 aromatic heterocycles. The van der Waals surface area contributed by atoms with E-state index in [2.05, 4.69) is 21.0 Å². The molecule has 0 fully saturated rings. The van der Waals surface area contributed by atoms with Crippen molar-refractivity contribution < 1.29 is 9.21 Å². The van der Waals surface area contributed by atoms with Crippen LogP contribution in [0.5, 0.6) is 0 Å². The Labute approximate surface area is 154 Å². The van der Waals surface area contributed by atoms with E-state index >= 15 is 0 Å². The fraction of sp³-hybridized carbons (Fsp3) is 0.150. The average molecular weight is 362 g/mol. The third-order valence-corrected chi connectivity index (χ3v) is 4.29. The van der Waals surface area contributed by atoms with Gasteiger partial charge in [0.05, 0.1) is 6.26 Å². The number of benzene rings is 1. The summed E-state index contributed by atoms with van der Waals surface area (Å²) < 4.78 is 8.50. The smallest absolute Gasteiger partial charge is 0.267 e. The number of carbonyl (C=O) groups is 1. The van der Waals surface area contributed by atoms with Crippen LogP contribution >= 0.6 is 0 Å². The van der Waals surface area contributed by atoms with E-state index in [1.807, 2.05) is 30.5 Å². The van der Waals surface area contributed by atoms with Crippen LogP contribution in [0.2, 0.25) is 0 Å². The molecule has 0 aliphatic carbocycles. The highest BCUT2D eigenvalue weighted by Gasteiger charge is 2.09. The third kappa shape index (κ3) is 3.67. The normalized spacial score (nSPS) is 11.0. The highest BCUT2D eigenvalue weighted by atomic mass is 16.3. The van der Waals surface area contributed by atoms with Crippen LogP contribution in [0.15, 0.2) is 76.3 Å². The van der Waals surface area contributed by atoms with Gasteiger partial charge < -0.3 is 14.3 Å². The van der Waals surface area contributed by atoms with E-state index in [0.29, 0.717) is 24.5 Å². The van der Waals surface area contributed by atoms with Gasteiger partial charge in [-0.1, -0.05) is 18.2 Å². The zero-order valence-electron chi connectivity index (χ0n) is 14.5. The zero-order chi connectivity index (χ0) is 18.6. The first-order valence-corrected chi connectivity index (χ1v) is 8.63. The van der Waals surface area contributed by atoms with Gasteiger partial charge in [0.2, 0.25) is 5.91 Å². The highest BCUT2D eigenvalue weighted by molar-refractivity contribution is 5.80. The lowest BCUT2D eigenvalue weighted by molar-refractivity contribution is -0.121. The van der Waals surface area contributed by atoms with E-state index < -0.39 is 0 Å². The van der Waals surface area contributed by atoms with Gasteiger partial charge in [0, 0.05) is 30.9 Å². The molecule has 1 aromatic carbocycles. The molecule has 0 unspecified atom stereocenters. The maximum atomic E-state index is 12.2. The number of carbonyl (C=O) groups excluding carboxylic acids is 1. The molecule has 1 N–H and O–H groups in total. The largest absolute Gasteiger partial charge is 0.463 e. The van der Waals surface area contributed by atoms with Crippen LogP contribution in [-0.2, 0) is 17.9 Å². The number of amides is 1. The number of hydrogen-bond acceptors (Lipinski definition) is 4. The molecule has 0 radical (unpaired) electrons. The molecule has 7 heteroatoms. The molecule has 0 bridgehead atoms. The van der Waals surface area contributed by atoms with Gasteiger partial charge in [-0.15, -0.1) is 0 Å². The predicted octanol–water partition coefficient (Wildman–Crippen LogP) is 2.27. The summed E-state index contributed by atoms with van der Waals surface area (Å²) in [5.74, 6) is 0.279. The topological polar surface area (TPSA) is 82.1 Å². The molecule has 0 saturated carbocycles. The minimum absolute atomic E-state index is 0.139. The predicted molar refractivity (Wildman–Crippen MR) is 101 cm³/mol. The summed E-state index contributed by atoms with van der Waals surface area (Å²) in [6.45, 7) is 0.970. The summed E-state index contributed by atoms with van der Waals surface area (Å²) >= 11 is 0. The van der Waals surface area contributed by atoms with Crippen LogP contribution in [0.3, 0.4) is 0 Å². The lowest BCUT2D eigenvalue weighted by Gasteiger charge is -2.09. The van der Waals surface area contributed by atoms with Crippen molar-refractivity contribution in [1.82, 2.24) is 19.7 Å². The van der Waals surface area contributed by atoms with Gasteiger partial charge in [-0.2, -0.15) is 5.10 Å². The number of nitrogens with one attached hydrogen (secondary N) is 1. The summed E-state index contributed by atoms with van der Waals surface area (Å²) in [5, 5.41) is 8.19. The van der Waals surface area contributed by atoms with Crippen molar-refractivity contribution in [3.8, 4) is 11.5 Å². The molecule has 0 atom stereocenters. The quantitative estimate of drug-likeness (QED) is 0.570. The SMILES string of the molecule is O=C(Cn1nc(-c2ccco2)ccc1=O)NCCn1ccc2ccccc21. The molecule has 0 aliphatic heterocycles. The van der Waals surface area contributed by atoms with Crippen LogP contribution < -0.4 is 10.9 Å². The molecule has 0 saturated heterocycles. The van der Waals surface area contributed by atoms with Crippen LogP contribution in [0, 0.1) is 0 Å². The van der Waals surface area contributed by atoms with Gasteiger partial charge >= 0.3 is 0 Å². The second kappa shape index (κ2) is 7.33. The van der Waals surface area contributed by atoms with Crippen LogP contribution in [0.1, 0.15) is 0 Å². The third-order valence-electron chi connectivity index (χ3n) is 4.29. The number of para-hydroxylation sites is 1. The van der Waals surface area contributed by atoms with Crippen LogP contribution in [0.25, 0.3) is 22.4 Å². The molecule has 4 aromatic rings. The lowest BCUT2D eigenvalue weighted by atomic mass is 10.2. The molecule has 7 nitrogen and oxygen atoms in total. The van der Waals surface area contributed by atoms with Crippen molar-refractivity contribution in [1.29, 1.82) is 0 Å². The molecule has 3 heterocycles. The Morgan fingerprint density at radius 1 is 1.07 bits per heavy atom. The Hall–Kier alpha value is -3.61. The van der Waals surface area contributed by atoms with Crippen molar-refractivity contribution in [2.24, 2.45) is 0 Å². The second-order valence-corrected chi connectivity index (χ2v) is 6.11. The number of furan rings is 1. The fourth-order valence-electron chi connectivity index (χ4n) is 2.96. The molecule has 0 aliphatic rings. The molecule has 1 amide bonds. The van der Waals surface area contributed by atoms with E-state index in [1.54, 1.807) is 18.2 Å². The highest BCUT2D eigenvalue weighted by Crippen LogP contribution is 2.15. The van der Waals surface area contributed by atoms with Gasteiger partial charge in [0.15, 0.2) is 5.76 Å². The summed E-state index contributed by atoms with van der Waals surface area (Å²) in [6.07, 6.45) is 3.53. The average Bonchev–Trinajstić information content (AvgIpc) is 3.34. The van der Waals surface area contributed by atoms with Crippen LogP contribution in [0.4, 0.5) is 0 Å². The van der Waals surface area contributed by atoms with E-state index in [1.165, 1.54) is 12.3 Å². The summed E-state index contributed by atoms with van der Waals surface area (Å²) in [4.78, 5) is 24.2. The number of rotatable bonds is 6. The number of aromatic nitrogens is 3. The van der Waals surface area contributed by atoms with E-state index in [-0.39, 0.29) is 18.0 Å². The summed E-state index contributed by atoms with van der Waals surface area (Å²) in [6, 6.07) is 16.6. The minimum Gasteiger partial charge on any atom is -0.463 e. The van der Waals surface area contributed by atoms with E-state index in [4.69, 9.17) is 4.42 Å². The molecular weight excluding hydrogens is 344 g/mol. The first-order valence-electron chi connectivity index (χ1n) is 8.63. The van der Waals surface area contributed by atoms with Gasteiger partial charge in [0.25, 0.3) is 5.56 Å². The van der Waals surface area contributed by atoms with Crippen molar-refractivity contribution in [3.63, 3.8) is 0 Å². The second-order valence-electron chi connectivity index (χ2n) is 6.11. The Morgan fingerprint density at radius 2 is 1.96 bits per heavy atom. The van der Waals surface area contributed by atoms with Crippen molar-refractivity contribution in [2.45, 2.75) is 13.1 Å². The lowest BCUT2D eigenvalue weighted by Crippen LogP contribution is -2.35. The molecule has 27 heavy (non-hydrogen) atoms. The summed E-state index contributed by atoms with van der Waals surface area (Å²) in [5.41, 5.74) is 1.29. The van der Waals surface area contributed by atoms with Crippen molar-refractivity contribution >= 4 is 16.8 Å². The fourth-order valence-corrected chi connectivity index (χ4v) is 2.96. The molecule has 4 rings (SSSR count). The zero-order valence-corrected chi connectivity index (χ0v) is 14.5. The minimum atomic E-state index is -0.336. The standard InChI is InChI=1S/C20H18N4O3/c25-19(21-10-12-23-11-9-15-4-1-2-5-17(15)23)14-24-20(26)8-7-16(22-24)18-6-3-13-27-18/h1-9,11,13H,10,12,14H2,(H,21,25).